The van der Waals surface area contributed by atoms with Gasteiger partial charge in [0.2, 0.25) is 0 Å². The van der Waals surface area contributed by atoms with Crippen LogP contribution in [0.5, 0.6) is 0 Å². The Kier molecular flexibility index (Phi) is 5.43. The number of rotatable bonds is 4. The lowest BCUT2D eigenvalue weighted by Crippen LogP contribution is -2.44. The van der Waals surface area contributed by atoms with E-state index in [-0.39, 0.29) is 17.8 Å². The van der Waals surface area contributed by atoms with Crippen LogP contribution >= 0.6 is 22.9 Å². The molecule has 1 aromatic heterocycles. The lowest BCUT2D eigenvalue weighted by atomic mass is 10.0. The highest BCUT2D eigenvalue weighted by Crippen LogP contribution is 2.26. The Hall–Kier alpha value is -1.95. The van der Waals surface area contributed by atoms with Crippen molar-refractivity contribution in [1.29, 1.82) is 0 Å². The smallest absolute Gasteiger partial charge is 0.261 e. The number of hydrogen-bond acceptors (Lipinski definition) is 3. The molecule has 2 aromatic carbocycles. The highest BCUT2D eigenvalue weighted by atomic mass is 35.5. The lowest BCUT2D eigenvalue weighted by molar-refractivity contribution is 0.0913. The van der Waals surface area contributed by atoms with Gasteiger partial charge in [-0.2, -0.15) is 0 Å². The Labute approximate surface area is 166 Å². The van der Waals surface area contributed by atoms with E-state index in [1.54, 1.807) is 12.1 Å². The van der Waals surface area contributed by atoms with Gasteiger partial charge in [-0.05, 0) is 60.2 Å². The maximum Gasteiger partial charge on any atom is 0.261 e. The number of thiophene rings is 1. The molecule has 1 aliphatic rings. The molecule has 2 heterocycles. The number of halogens is 2. The SMILES string of the molecule is O=C(NC1CCN(Cc2ccc(Cl)cc2)CC1)c1cc2cc(F)ccc2s1. The quantitative estimate of drug-likeness (QED) is 0.659. The van der Waals surface area contributed by atoms with E-state index in [0.29, 0.717) is 4.88 Å². The summed E-state index contributed by atoms with van der Waals surface area (Å²) in [6, 6.07) is 14.5. The summed E-state index contributed by atoms with van der Waals surface area (Å²) in [5.41, 5.74) is 1.25. The zero-order valence-electron chi connectivity index (χ0n) is 14.8. The van der Waals surface area contributed by atoms with Gasteiger partial charge in [0.1, 0.15) is 5.82 Å². The number of carbonyl (C=O) groups excluding carboxylic acids is 1. The number of carbonyl (C=O) groups is 1. The Morgan fingerprint density at radius 2 is 1.89 bits per heavy atom. The van der Waals surface area contributed by atoms with E-state index in [0.717, 1.165) is 47.6 Å². The van der Waals surface area contributed by atoms with Crippen LogP contribution in [0.4, 0.5) is 4.39 Å². The molecule has 27 heavy (non-hydrogen) atoms. The number of nitrogens with zero attached hydrogens (tertiary/aromatic N) is 1. The van der Waals surface area contributed by atoms with Crippen LogP contribution in [0.15, 0.2) is 48.5 Å². The number of nitrogens with one attached hydrogen (secondary N) is 1. The van der Waals surface area contributed by atoms with E-state index in [9.17, 15) is 9.18 Å². The first-order valence-corrected chi connectivity index (χ1v) is 10.2. The van der Waals surface area contributed by atoms with Crippen molar-refractivity contribution in [2.24, 2.45) is 0 Å². The van der Waals surface area contributed by atoms with Gasteiger partial charge >= 0.3 is 0 Å². The molecule has 3 nitrogen and oxygen atoms in total. The third-order valence-corrected chi connectivity index (χ3v) is 6.31. The average Bonchev–Trinajstić information content (AvgIpc) is 3.08. The second kappa shape index (κ2) is 7.97. The van der Waals surface area contributed by atoms with Crippen molar-refractivity contribution in [3.8, 4) is 0 Å². The van der Waals surface area contributed by atoms with Crippen molar-refractivity contribution in [1.82, 2.24) is 10.2 Å². The molecule has 1 saturated heterocycles. The topological polar surface area (TPSA) is 32.3 Å². The zero-order chi connectivity index (χ0) is 18.8. The van der Waals surface area contributed by atoms with E-state index in [1.807, 2.05) is 12.1 Å². The molecule has 0 atom stereocenters. The van der Waals surface area contributed by atoms with Crippen LogP contribution in [0.1, 0.15) is 28.1 Å². The number of benzene rings is 2. The van der Waals surface area contributed by atoms with Crippen molar-refractivity contribution < 1.29 is 9.18 Å². The molecule has 0 unspecified atom stereocenters. The molecule has 1 fully saturated rings. The summed E-state index contributed by atoms with van der Waals surface area (Å²) in [5.74, 6) is -0.340. The fraction of sp³-hybridized carbons (Fsp3) is 0.286. The molecule has 0 aliphatic carbocycles. The summed E-state index contributed by atoms with van der Waals surface area (Å²) in [7, 11) is 0. The fourth-order valence-electron chi connectivity index (χ4n) is 3.47. The second-order valence-electron chi connectivity index (χ2n) is 6.94. The molecule has 140 valence electrons. The predicted octanol–water partition coefficient (Wildman–Crippen LogP) is 5.09. The zero-order valence-corrected chi connectivity index (χ0v) is 16.3. The predicted molar refractivity (Wildman–Crippen MR) is 109 cm³/mol. The molecule has 3 aromatic rings. The van der Waals surface area contributed by atoms with Crippen LogP contribution in [0.2, 0.25) is 5.02 Å². The normalized spacial score (nSPS) is 15.9. The van der Waals surface area contributed by atoms with Crippen molar-refractivity contribution in [3.63, 3.8) is 0 Å². The fourth-order valence-corrected chi connectivity index (χ4v) is 4.54. The van der Waals surface area contributed by atoms with Gasteiger partial charge < -0.3 is 5.32 Å². The lowest BCUT2D eigenvalue weighted by Gasteiger charge is -2.32. The molecule has 0 bridgehead atoms. The summed E-state index contributed by atoms with van der Waals surface area (Å²) in [6.07, 6.45) is 1.86. The van der Waals surface area contributed by atoms with Crippen molar-refractivity contribution in [2.75, 3.05) is 13.1 Å². The summed E-state index contributed by atoms with van der Waals surface area (Å²) in [6.45, 7) is 2.80. The third kappa shape index (κ3) is 4.49. The van der Waals surface area contributed by atoms with Gasteiger partial charge in [0.15, 0.2) is 0 Å². The highest BCUT2D eigenvalue weighted by molar-refractivity contribution is 7.20. The van der Waals surface area contributed by atoms with Crippen LogP contribution in [-0.4, -0.2) is 29.9 Å². The third-order valence-electron chi connectivity index (χ3n) is 4.94. The Morgan fingerprint density at radius 1 is 1.15 bits per heavy atom. The number of fused-ring (bicyclic) bond motifs is 1. The standard InChI is InChI=1S/C21H20ClFN2OS/c22-16-3-1-14(2-4-16)13-25-9-7-18(8-10-25)24-21(26)20-12-15-11-17(23)5-6-19(15)27-20/h1-6,11-12,18H,7-10,13H2,(H,24,26). The van der Waals surface area contributed by atoms with Crippen LogP contribution in [0, 0.1) is 5.82 Å². The molecule has 1 N–H and O–H groups in total. The van der Waals surface area contributed by atoms with Gasteiger partial charge in [-0.3, -0.25) is 9.69 Å². The van der Waals surface area contributed by atoms with E-state index in [1.165, 1.54) is 29.0 Å². The van der Waals surface area contributed by atoms with E-state index in [2.05, 4.69) is 22.3 Å². The maximum absolute atomic E-state index is 13.3. The molecular weight excluding hydrogens is 383 g/mol. The Morgan fingerprint density at radius 3 is 2.63 bits per heavy atom. The van der Waals surface area contributed by atoms with Gasteiger partial charge in [-0.1, -0.05) is 23.7 Å². The van der Waals surface area contributed by atoms with Crippen molar-refractivity contribution >= 4 is 38.9 Å². The molecule has 4 rings (SSSR count). The van der Waals surface area contributed by atoms with Crippen molar-refractivity contribution in [3.05, 3.63) is 69.8 Å². The minimum absolute atomic E-state index is 0.0623. The van der Waals surface area contributed by atoms with Crippen LogP contribution in [0.25, 0.3) is 10.1 Å². The number of likely N-dealkylation sites (tertiary alicyclic amines) is 1. The number of piperidine rings is 1. The van der Waals surface area contributed by atoms with Crippen LogP contribution in [-0.2, 0) is 6.54 Å². The summed E-state index contributed by atoms with van der Waals surface area (Å²) < 4.78 is 14.3. The molecule has 6 heteroatoms. The first kappa shape index (κ1) is 18.4. The van der Waals surface area contributed by atoms with Gasteiger partial charge in [0, 0.05) is 35.4 Å². The van der Waals surface area contributed by atoms with Gasteiger partial charge in [0.25, 0.3) is 5.91 Å². The monoisotopic (exact) mass is 402 g/mol. The largest absolute Gasteiger partial charge is 0.349 e. The first-order valence-electron chi connectivity index (χ1n) is 9.03. The summed E-state index contributed by atoms with van der Waals surface area (Å²) in [5, 5.41) is 4.67. The van der Waals surface area contributed by atoms with Gasteiger partial charge in [-0.25, -0.2) is 4.39 Å². The number of hydrogen-bond donors (Lipinski definition) is 1. The number of amides is 1. The molecule has 0 spiro atoms. The molecule has 0 saturated carbocycles. The van der Waals surface area contributed by atoms with Crippen LogP contribution in [0.3, 0.4) is 0 Å². The first-order chi connectivity index (χ1) is 13.1. The highest BCUT2D eigenvalue weighted by Gasteiger charge is 2.22. The van der Waals surface area contributed by atoms with Gasteiger partial charge in [0.05, 0.1) is 4.88 Å². The van der Waals surface area contributed by atoms with Crippen LogP contribution < -0.4 is 5.32 Å². The average molecular weight is 403 g/mol. The summed E-state index contributed by atoms with van der Waals surface area (Å²) in [4.78, 5) is 15.6. The summed E-state index contributed by atoms with van der Waals surface area (Å²) >= 11 is 7.34. The minimum atomic E-state index is -0.277. The van der Waals surface area contributed by atoms with E-state index >= 15 is 0 Å². The molecule has 1 aliphatic heterocycles. The Balaban J connectivity index is 1.31. The molecule has 1 amide bonds. The Bertz CT molecular complexity index is 948. The minimum Gasteiger partial charge on any atom is -0.349 e. The van der Waals surface area contributed by atoms with E-state index in [4.69, 9.17) is 11.6 Å². The van der Waals surface area contributed by atoms with Gasteiger partial charge in [-0.15, -0.1) is 11.3 Å². The van der Waals surface area contributed by atoms with E-state index < -0.39 is 0 Å². The maximum atomic E-state index is 13.3. The van der Waals surface area contributed by atoms with Crippen molar-refractivity contribution in [2.45, 2.75) is 25.4 Å². The second-order valence-corrected chi connectivity index (χ2v) is 8.46. The molecular formula is C21H20ClFN2OS. The molecule has 0 radical (unpaired) electrons.